The maximum absolute atomic E-state index is 12.3. The molecule has 1 aromatic rings. The van der Waals surface area contributed by atoms with Gasteiger partial charge >= 0.3 is 5.97 Å². The van der Waals surface area contributed by atoms with Crippen LogP contribution in [0.15, 0.2) is 21.4 Å². The van der Waals surface area contributed by atoms with Gasteiger partial charge in [-0.2, -0.15) is 0 Å². The number of aliphatic carboxylic acids is 1. The first kappa shape index (κ1) is 17.0. The third-order valence-corrected chi connectivity index (χ3v) is 6.00. The van der Waals surface area contributed by atoms with Gasteiger partial charge in [0.1, 0.15) is 11.1 Å². The number of β-lactam (4-membered cyclic amide) rings is 1. The molecule has 0 bridgehead atoms. The van der Waals surface area contributed by atoms with Gasteiger partial charge in [0.15, 0.2) is 6.04 Å². The number of carboxylic acid groups (broad SMARTS) is 1. The molecule has 11 heteroatoms. The van der Waals surface area contributed by atoms with Crippen LogP contribution in [0.25, 0.3) is 0 Å². The minimum atomic E-state index is -1.09. The molecule has 2 aliphatic rings. The molecular weight excluding hydrogens is 352 g/mol. The van der Waals surface area contributed by atoms with Gasteiger partial charge in [-0.3, -0.25) is 14.7 Å². The minimum absolute atomic E-state index is 0.0755. The Bertz CT molecular complexity index is 755. The van der Waals surface area contributed by atoms with E-state index in [1.807, 2.05) is 13.8 Å². The van der Waals surface area contributed by atoms with Crippen LogP contribution >= 0.6 is 23.5 Å². The van der Waals surface area contributed by atoms with Crippen LogP contribution in [0.5, 0.6) is 0 Å². The Hall–Kier alpha value is -1.88. The van der Waals surface area contributed by atoms with E-state index >= 15 is 0 Å². The average Bonchev–Trinajstić information content (AvgIpc) is 2.94. The van der Waals surface area contributed by atoms with Crippen molar-refractivity contribution < 1.29 is 14.7 Å². The zero-order valence-electron chi connectivity index (χ0n) is 13.3. The Labute approximate surface area is 146 Å². The van der Waals surface area contributed by atoms with E-state index in [1.54, 1.807) is 18.8 Å². The Balaban J connectivity index is 1.82. The Morgan fingerprint density at radius 2 is 2.25 bits per heavy atom. The molecule has 1 amide bonds. The second kappa shape index (κ2) is 6.55. The zero-order chi connectivity index (χ0) is 17.4. The number of hydrogen-bond acceptors (Lipinski definition) is 8. The number of aliphatic imine (C=N–C) groups is 1. The molecular formula is C13H16N6O3S2. The summed E-state index contributed by atoms with van der Waals surface area (Å²) in [5.41, 5.74) is 1.58. The van der Waals surface area contributed by atoms with E-state index in [0.717, 1.165) is 5.71 Å². The Morgan fingerprint density at radius 1 is 1.50 bits per heavy atom. The summed E-state index contributed by atoms with van der Waals surface area (Å²) < 4.78 is 1.52. The lowest BCUT2D eigenvalue weighted by atomic mass is 10.0. The maximum Gasteiger partial charge on any atom is 0.352 e. The van der Waals surface area contributed by atoms with Crippen LogP contribution in [0.1, 0.15) is 13.8 Å². The number of carbonyl (C=O) groups is 2. The summed E-state index contributed by atoms with van der Waals surface area (Å²) >= 11 is 2.89. The molecule has 0 aromatic carbocycles. The predicted molar refractivity (Wildman–Crippen MR) is 89.8 cm³/mol. The fourth-order valence-corrected chi connectivity index (χ4v) is 4.85. The summed E-state index contributed by atoms with van der Waals surface area (Å²) in [6.45, 7) is 3.66. The second-order valence-electron chi connectivity index (χ2n) is 5.56. The highest BCUT2D eigenvalue weighted by Crippen LogP contribution is 2.42. The summed E-state index contributed by atoms with van der Waals surface area (Å²) in [7, 11) is 1.72. The van der Waals surface area contributed by atoms with Crippen molar-refractivity contribution in [1.82, 2.24) is 25.1 Å². The van der Waals surface area contributed by atoms with Gasteiger partial charge < -0.3 is 5.11 Å². The molecule has 24 heavy (non-hydrogen) atoms. The Morgan fingerprint density at radius 3 is 2.83 bits per heavy atom. The number of thioether (sulfide) groups is 2. The monoisotopic (exact) mass is 368 g/mol. The van der Waals surface area contributed by atoms with E-state index in [-0.39, 0.29) is 17.0 Å². The molecule has 1 aromatic heterocycles. The number of carbonyl (C=O) groups excluding carboxylic acids is 1. The number of aryl methyl sites for hydroxylation is 1. The number of nitrogens with zero attached hydrogens (tertiary/aromatic N) is 6. The lowest BCUT2D eigenvalue weighted by Gasteiger charge is -2.48. The summed E-state index contributed by atoms with van der Waals surface area (Å²) in [5, 5.41) is 21.1. The number of carboxylic acids is 1. The zero-order valence-corrected chi connectivity index (χ0v) is 15.0. The van der Waals surface area contributed by atoms with Crippen molar-refractivity contribution in [3.05, 3.63) is 11.3 Å². The molecule has 3 heterocycles. The van der Waals surface area contributed by atoms with Gasteiger partial charge in [-0.25, -0.2) is 9.48 Å². The van der Waals surface area contributed by atoms with Crippen molar-refractivity contribution in [3.8, 4) is 0 Å². The van der Waals surface area contributed by atoms with Crippen LogP contribution in [-0.2, 0) is 16.6 Å². The fourth-order valence-electron chi connectivity index (χ4n) is 2.53. The van der Waals surface area contributed by atoms with E-state index in [2.05, 4.69) is 20.5 Å². The normalized spacial score (nSPS) is 23.0. The smallest absolute Gasteiger partial charge is 0.352 e. The molecule has 9 nitrogen and oxygen atoms in total. The minimum Gasteiger partial charge on any atom is -0.477 e. The molecule has 0 saturated carbocycles. The molecule has 2 atom stereocenters. The van der Waals surface area contributed by atoms with Crippen LogP contribution in [0, 0.1) is 0 Å². The first-order chi connectivity index (χ1) is 11.4. The molecule has 128 valence electrons. The molecule has 2 aliphatic heterocycles. The van der Waals surface area contributed by atoms with E-state index in [0.29, 0.717) is 22.2 Å². The van der Waals surface area contributed by atoms with Crippen molar-refractivity contribution in [2.24, 2.45) is 12.0 Å². The molecule has 0 spiro atoms. The van der Waals surface area contributed by atoms with Gasteiger partial charge in [-0.05, 0) is 29.8 Å². The van der Waals surface area contributed by atoms with Crippen LogP contribution in [-0.4, -0.2) is 70.7 Å². The third kappa shape index (κ3) is 2.93. The predicted octanol–water partition coefficient (Wildman–Crippen LogP) is 0.405. The number of hydrogen-bond donors (Lipinski definition) is 1. The lowest BCUT2D eigenvalue weighted by Crippen LogP contribution is -2.64. The van der Waals surface area contributed by atoms with Crippen molar-refractivity contribution in [3.63, 3.8) is 0 Å². The first-order valence-corrected chi connectivity index (χ1v) is 9.19. The van der Waals surface area contributed by atoms with Gasteiger partial charge in [0, 0.05) is 24.3 Å². The average molecular weight is 368 g/mol. The molecule has 1 unspecified atom stereocenters. The highest BCUT2D eigenvalue weighted by molar-refractivity contribution is 8.01. The first-order valence-electron chi connectivity index (χ1n) is 7.16. The third-order valence-electron chi connectivity index (χ3n) is 3.58. The highest BCUT2D eigenvalue weighted by Gasteiger charge is 2.53. The molecule has 0 aliphatic carbocycles. The van der Waals surface area contributed by atoms with Crippen molar-refractivity contribution in [2.75, 3.05) is 11.5 Å². The summed E-state index contributed by atoms with van der Waals surface area (Å²) in [4.78, 5) is 29.7. The SMILES string of the molecule is CC(C)=NC1C(=O)N2C(C(=O)O)=C(CSc3nnnn3C)CS[C@H]12. The molecule has 1 N–H and O–H groups in total. The number of tetrazole rings is 1. The Kier molecular flexibility index (Phi) is 4.63. The van der Waals surface area contributed by atoms with Gasteiger partial charge in [0.2, 0.25) is 5.16 Å². The quantitative estimate of drug-likeness (QED) is 0.451. The fraction of sp³-hybridized carbons (Fsp3) is 0.538. The molecule has 0 radical (unpaired) electrons. The van der Waals surface area contributed by atoms with Gasteiger partial charge in [0.05, 0.1) is 0 Å². The van der Waals surface area contributed by atoms with Crippen molar-refractivity contribution >= 4 is 41.1 Å². The van der Waals surface area contributed by atoms with Crippen LogP contribution in [0.2, 0.25) is 0 Å². The molecule has 3 rings (SSSR count). The molecule has 1 fully saturated rings. The number of amides is 1. The van der Waals surface area contributed by atoms with Crippen LogP contribution in [0.3, 0.4) is 0 Å². The number of fused-ring (bicyclic) bond motifs is 1. The number of aromatic nitrogens is 4. The largest absolute Gasteiger partial charge is 0.477 e. The van der Waals surface area contributed by atoms with Gasteiger partial charge in [-0.15, -0.1) is 16.9 Å². The van der Waals surface area contributed by atoms with E-state index in [9.17, 15) is 14.7 Å². The second-order valence-corrected chi connectivity index (χ2v) is 7.61. The topological polar surface area (TPSA) is 114 Å². The molecule has 1 saturated heterocycles. The standard InChI is InChI=1S/C13H16N6O3S2/c1-6(2)14-8-10(20)19-9(12(21)22)7(4-23-11(8)19)5-24-13-15-16-17-18(13)3/h8,11H,4-5H2,1-3H3,(H,21,22)/t8?,11-/m1/s1. The van der Waals surface area contributed by atoms with Gasteiger partial charge in [0.25, 0.3) is 5.91 Å². The van der Waals surface area contributed by atoms with Crippen molar-refractivity contribution in [1.29, 1.82) is 0 Å². The lowest BCUT2D eigenvalue weighted by molar-refractivity contribution is -0.147. The summed E-state index contributed by atoms with van der Waals surface area (Å²) in [5.74, 6) is -0.381. The summed E-state index contributed by atoms with van der Waals surface area (Å²) in [6.07, 6.45) is 0. The number of rotatable bonds is 5. The van der Waals surface area contributed by atoms with Crippen LogP contribution in [0.4, 0.5) is 0 Å². The van der Waals surface area contributed by atoms with E-state index in [4.69, 9.17) is 0 Å². The summed E-state index contributed by atoms with van der Waals surface area (Å²) in [6, 6.07) is -0.480. The highest BCUT2D eigenvalue weighted by atomic mass is 32.2. The van der Waals surface area contributed by atoms with E-state index < -0.39 is 12.0 Å². The van der Waals surface area contributed by atoms with Gasteiger partial charge in [-0.1, -0.05) is 11.8 Å². The van der Waals surface area contributed by atoms with Crippen LogP contribution < -0.4 is 0 Å². The maximum atomic E-state index is 12.3. The van der Waals surface area contributed by atoms with Crippen molar-refractivity contribution in [2.45, 2.75) is 30.4 Å². The van der Waals surface area contributed by atoms with E-state index in [1.165, 1.54) is 21.3 Å².